The van der Waals surface area contributed by atoms with Gasteiger partial charge in [0.15, 0.2) is 0 Å². The number of benzene rings is 11. The maximum atomic E-state index is 2.46. The van der Waals surface area contributed by atoms with Gasteiger partial charge in [0.2, 0.25) is 0 Å². The Morgan fingerprint density at radius 3 is 1.08 bits per heavy atom. The molecule has 11 aromatic carbocycles. The summed E-state index contributed by atoms with van der Waals surface area (Å²) in [7, 11) is 0. The van der Waals surface area contributed by atoms with Gasteiger partial charge >= 0.3 is 0 Å². The fourth-order valence-corrected chi connectivity index (χ4v) is 11.6. The van der Waals surface area contributed by atoms with E-state index in [1.165, 1.54) is 132 Å². The molecule has 0 N–H and O–H groups in total. The van der Waals surface area contributed by atoms with Crippen LogP contribution in [0, 0.1) is 0 Å². The molecule has 0 fully saturated rings. The van der Waals surface area contributed by atoms with Gasteiger partial charge in [-0.3, -0.25) is 0 Å². The molecule has 0 unspecified atom stereocenters. The first-order valence-electron chi connectivity index (χ1n) is 22.7. The van der Waals surface area contributed by atoms with E-state index in [2.05, 4.69) is 234 Å². The summed E-state index contributed by atoms with van der Waals surface area (Å²) in [5, 5.41) is 10.3. The summed E-state index contributed by atoms with van der Waals surface area (Å²) in [6.45, 7) is 9.52. The van der Waals surface area contributed by atoms with Crippen molar-refractivity contribution in [2.45, 2.75) is 38.5 Å². The Kier molecular flexibility index (Phi) is 7.80. The summed E-state index contributed by atoms with van der Waals surface area (Å²) in [4.78, 5) is 0. The van der Waals surface area contributed by atoms with Crippen molar-refractivity contribution in [1.82, 2.24) is 0 Å². The Labute approximate surface area is 375 Å². The summed E-state index contributed by atoms with van der Waals surface area (Å²) in [5.74, 6) is 0. The van der Waals surface area contributed by atoms with Crippen molar-refractivity contribution in [2.24, 2.45) is 0 Å². The van der Waals surface area contributed by atoms with Crippen LogP contribution in [-0.2, 0) is 10.8 Å². The quantitative estimate of drug-likeness (QED) is 0.155. The van der Waals surface area contributed by atoms with Gasteiger partial charge < -0.3 is 0 Å². The van der Waals surface area contributed by atoms with Crippen LogP contribution in [0.5, 0.6) is 0 Å². The molecular formula is C64H46. The Bertz CT molecular complexity index is 3740. The molecule has 64 heavy (non-hydrogen) atoms. The van der Waals surface area contributed by atoms with Crippen molar-refractivity contribution in [3.63, 3.8) is 0 Å². The molecule has 0 heterocycles. The van der Waals surface area contributed by atoms with Gasteiger partial charge in [0, 0.05) is 10.8 Å². The molecule has 0 atom stereocenters. The second-order valence-electron chi connectivity index (χ2n) is 19.3. The molecule has 0 saturated heterocycles. The normalized spacial score (nSPS) is 14.2. The van der Waals surface area contributed by atoms with Crippen molar-refractivity contribution in [3.05, 3.63) is 229 Å². The van der Waals surface area contributed by atoms with Crippen LogP contribution < -0.4 is 0 Å². The highest BCUT2D eigenvalue weighted by Crippen LogP contribution is 2.53. The van der Waals surface area contributed by atoms with Gasteiger partial charge in [-0.1, -0.05) is 191 Å². The minimum Gasteiger partial charge on any atom is -0.0619 e. The molecule has 0 aromatic heterocycles. The maximum absolute atomic E-state index is 2.46. The first-order chi connectivity index (χ1) is 31.2. The Hall–Kier alpha value is -7.54. The highest BCUT2D eigenvalue weighted by Gasteiger charge is 2.37. The average molecular weight is 815 g/mol. The van der Waals surface area contributed by atoms with Crippen molar-refractivity contribution in [2.75, 3.05) is 0 Å². The van der Waals surface area contributed by atoms with Gasteiger partial charge in [0.25, 0.3) is 0 Å². The molecule has 11 aromatic rings. The topological polar surface area (TPSA) is 0 Å². The third-order valence-corrected chi connectivity index (χ3v) is 15.0. The monoisotopic (exact) mass is 814 g/mol. The van der Waals surface area contributed by atoms with Crippen molar-refractivity contribution in [1.29, 1.82) is 0 Å². The Morgan fingerprint density at radius 2 is 0.562 bits per heavy atom. The summed E-state index contributed by atoms with van der Waals surface area (Å²) in [6.07, 6.45) is 0. The number of fused-ring (bicyclic) bond motifs is 13. The molecule has 2 aliphatic rings. The number of rotatable bonds is 4. The molecular weight excluding hydrogens is 769 g/mol. The first kappa shape index (κ1) is 37.1. The van der Waals surface area contributed by atoms with E-state index in [-0.39, 0.29) is 10.8 Å². The maximum Gasteiger partial charge on any atom is 0.0159 e. The fourth-order valence-electron chi connectivity index (χ4n) is 11.6. The molecule has 13 rings (SSSR count). The zero-order valence-corrected chi connectivity index (χ0v) is 36.6. The van der Waals surface area contributed by atoms with E-state index in [1.54, 1.807) is 0 Å². The summed E-state index contributed by atoms with van der Waals surface area (Å²) < 4.78 is 0. The molecule has 0 saturated carbocycles. The number of hydrogen-bond acceptors (Lipinski definition) is 0. The molecule has 0 heteroatoms. The highest BCUT2D eigenvalue weighted by molar-refractivity contribution is 6.25. The van der Waals surface area contributed by atoms with Crippen LogP contribution in [0.3, 0.4) is 0 Å². The van der Waals surface area contributed by atoms with E-state index >= 15 is 0 Å². The third kappa shape index (κ3) is 5.42. The summed E-state index contributed by atoms with van der Waals surface area (Å²) in [6, 6.07) is 77.8. The van der Waals surface area contributed by atoms with Crippen LogP contribution in [0.2, 0.25) is 0 Å². The second kappa shape index (κ2) is 13.5. The lowest BCUT2D eigenvalue weighted by atomic mass is 9.80. The minimum absolute atomic E-state index is 0.0198. The molecule has 0 spiro atoms. The Balaban J connectivity index is 0.800. The zero-order chi connectivity index (χ0) is 42.9. The number of hydrogen-bond donors (Lipinski definition) is 0. The minimum atomic E-state index is -0.127. The SMILES string of the molecule is CC1(C)c2ccccc2-c2ccc(-c3ccc4c(c3)C(C)(C)c3cc(-c5ccc6cc(-c7cccc(-c8ccc9c%10ccccc%10c%10ccccc%10c9c8)c7)ccc6c5)ccc3-4)cc21. The first-order valence-corrected chi connectivity index (χ1v) is 22.7. The van der Waals surface area contributed by atoms with Crippen molar-refractivity contribution < 1.29 is 0 Å². The van der Waals surface area contributed by atoms with Crippen LogP contribution >= 0.6 is 0 Å². The largest absolute Gasteiger partial charge is 0.0619 e. The third-order valence-electron chi connectivity index (χ3n) is 15.0. The van der Waals surface area contributed by atoms with E-state index < -0.39 is 0 Å². The van der Waals surface area contributed by atoms with Gasteiger partial charge in [-0.25, -0.2) is 0 Å². The highest BCUT2D eigenvalue weighted by atomic mass is 14.4. The van der Waals surface area contributed by atoms with Gasteiger partial charge in [-0.15, -0.1) is 0 Å². The average Bonchev–Trinajstić information content (AvgIpc) is 3.72. The van der Waals surface area contributed by atoms with Crippen LogP contribution in [0.25, 0.3) is 110 Å². The van der Waals surface area contributed by atoms with Crippen molar-refractivity contribution in [3.8, 4) is 66.8 Å². The molecule has 0 radical (unpaired) electrons. The predicted molar refractivity (Wildman–Crippen MR) is 273 cm³/mol. The van der Waals surface area contributed by atoms with Crippen molar-refractivity contribution >= 4 is 43.1 Å². The van der Waals surface area contributed by atoms with E-state index in [9.17, 15) is 0 Å². The lowest BCUT2D eigenvalue weighted by Gasteiger charge is -2.23. The second-order valence-corrected chi connectivity index (χ2v) is 19.3. The van der Waals surface area contributed by atoms with Gasteiger partial charge in [-0.05, 0) is 175 Å². The van der Waals surface area contributed by atoms with Gasteiger partial charge in [0.1, 0.15) is 0 Å². The fraction of sp³-hybridized carbons (Fsp3) is 0.0938. The van der Waals surface area contributed by atoms with E-state index in [0.29, 0.717) is 0 Å². The lowest BCUT2D eigenvalue weighted by molar-refractivity contribution is 0.659. The van der Waals surface area contributed by atoms with Crippen LogP contribution in [0.1, 0.15) is 49.9 Å². The van der Waals surface area contributed by atoms with Gasteiger partial charge in [0.05, 0.1) is 0 Å². The van der Waals surface area contributed by atoms with Crippen LogP contribution in [-0.4, -0.2) is 0 Å². The molecule has 302 valence electrons. The van der Waals surface area contributed by atoms with E-state index in [1.807, 2.05) is 0 Å². The van der Waals surface area contributed by atoms with Gasteiger partial charge in [-0.2, -0.15) is 0 Å². The molecule has 0 bridgehead atoms. The van der Waals surface area contributed by atoms with E-state index in [4.69, 9.17) is 0 Å². The molecule has 0 nitrogen and oxygen atoms in total. The lowest BCUT2D eigenvalue weighted by Crippen LogP contribution is -2.15. The van der Waals surface area contributed by atoms with Crippen LogP contribution in [0.15, 0.2) is 206 Å². The van der Waals surface area contributed by atoms with E-state index in [0.717, 1.165) is 0 Å². The molecule has 2 aliphatic carbocycles. The smallest absolute Gasteiger partial charge is 0.0159 e. The summed E-state index contributed by atoms with van der Waals surface area (Å²) in [5.41, 5.74) is 20.9. The van der Waals surface area contributed by atoms with Crippen LogP contribution in [0.4, 0.5) is 0 Å². The molecule has 0 aliphatic heterocycles. The predicted octanol–water partition coefficient (Wildman–Crippen LogP) is 17.6. The zero-order valence-electron chi connectivity index (χ0n) is 36.6. The standard InChI is InChI=1S/C64H46/c1-63(2)59-19-10-9-18-54(59)55-29-26-47(37-60(55)63)48-27-31-57-56-30-25-46(36-61(56)64(3,4)62(57)38-48)44-23-22-42-33-41(20-21-43(42)34-44)39-12-11-13-40(32-39)45-24-28-53-51-16-6-5-14-49(51)50-15-7-8-17-52(50)58(53)35-45/h5-38H,1-4H3. The summed E-state index contributed by atoms with van der Waals surface area (Å²) >= 11 is 0. The Morgan fingerprint density at radius 1 is 0.219 bits per heavy atom. The molecule has 0 amide bonds.